The Morgan fingerprint density at radius 3 is 2.50 bits per heavy atom. The summed E-state index contributed by atoms with van der Waals surface area (Å²) < 4.78 is 5.61. The molecular formula is C16H26N2O2. The fraction of sp³-hybridized carbons (Fsp3) is 0.625. The van der Waals surface area contributed by atoms with Crippen molar-refractivity contribution >= 4 is 5.69 Å². The Bertz CT molecular complexity index is 397. The standard InChI is InChI=1S/C16H26N2O2/c1-13(2)20-15-5-3-14(4-6-15)18-12-9-16(19)7-10-17-11-8-16/h3-6,13,17-19H,7-12H2,1-2H3. The van der Waals surface area contributed by atoms with E-state index in [2.05, 4.69) is 10.6 Å². The SMILES string of the molecule is CC(C)Oc1ccc(NCCC2(O)CCNCC2)cc1. The molecule has 20 heavy (non-hydrogen) atoms. The van der Waals surface area contributed by atoms with Gasteiger partial charge in [0.1, 0.15) is 5.75 Å². The Morgan fingerprint density at radius 2 is 1.90 bits per heavy atom. The summed E-state index contributed by atoms with van der Waals surface area (Å²) >= 11 is 0. The monoisotopic (exact) mass is 278 g/mol. The Kier molecular flexibility index (Phi) is 5.26. The molecule has 1 saturated heterocycles. The van der Waals surface area contributed by atoms with Crippen molar-refractivity contribution in [2.45, 2.75) is 44.8 Å². The summed E-state index contributed by atoms with van der Waals surface area (Å²) in [6.07, 6.45) is 2.67. The highest BCUT2D eigenvalue weighted by Crippen LogP contribution is 2.22. The lowest BCUT2D eigenvalue weighted by atomic mass is 9.89. The van der Waals surface area contributed by atoms with Gasteiger partial charge in [-0.25, -0.2) is 0 Å². The van der Waals surface area contributed by atoms with Crippen molar-refractivity contribution in [1.29, 1.82) is 0 Å². The number of rotatable bonds is 6. The summed E-state index contributed by atoms with van der Waals surface area (Å²) in [6.45, 7) is 6.66. The fourth-order valence-electron chi connectivity index (χ4n) is 2.51. The van der Waals surface area contributed by atoms with Crippen molar-refractivity contribution in [3.05, 3.63) is 24.3 Å². The number of nitrogens with one attached hydrogen (secondary N) is 2. The van der Waals surface area contributed by atoms with Crippen LogP contribution in [0.3, 0.4) is 0 Å². The minimum absolute atomic E-state index is 0.197. The third-order valence-corrected chi connectivity index (χ3v) is 3.68. The van der Waals surface area contributed by atoms with Crippen molar-refractivity contribution < 1.29 is 9.84 Å². The second-order valence-electron chi connectivity index (χ2n) is 5.84. The minimum Gasteiger partial charge on any atom is -0.491 e. The van der Waals surface area contributed by atoms with Gasteiger partial charge < -0.3 is 20.5 Å². The number of hydrogen-bond acceptors (Lipinski definition) is 4. The van der Waals surface area contributed by atoms with Crippen LogP contribution in [0, 0.1) is 0 Å². The number of benzene rings is 1. The predicted molar refractivity (Wildman–Crippen MR) is 82.4 cm³/mol. The summed E-state index contributed by atoms with van der Waals surface area (Å²) in [5.41, 5.74) is 0.567. The van der Waals surface area contributed by atoms with Gasteiger partial charge in [0.15, 0.2) is 0 Å². The Labute approximate surface area is 121 Å². The molecule has 1 aliphatic heterocycles. The lowest BCUT2D eigenvalue weighted by Gasteiger charge is -2.32. The van der Waals surface area contributed by atoms with Crippen LogP contribution in [0.1, 0.15) is 33.1 Å². The van der Waals surface area contributed by atoms with Crippen LogP contribution in [0.4, 0.5) is 5.69 Å². The quantitative estimate of drug-likeness (QED) is 0.748. The van der Waals surface area contributed by atoms with Crippen LogP contribution in [0.5, 0.6) is 5.75 Å². The molecule has 4 heteroatoms. The van der Waals surface area contributed by atoms with Crippen molar-refractivity contribution in [1.82, 2.24) is 5.32 Å². The second-order valence-corrected chi connectivity index (χ2v) is 5.84. The van der Waals surface area contributed by atoms with Gasteiger partial charge in [0.25, 0.3) is 0 Å². The van der Waals surface area contributed by atoms with Gasteiger partial charge in [-0.3, -0.25) is 0 Å². The number of anilines is 1. The molecule has 2 rings (SSSR count). The van der Waals surface area contributed by atoms with E-state index in [4.69, 9.17) is 4.74 Å². The molecule has 0 bridgehead atoms. The third-order valence-electron chi connectivity index (χ3n) is 3.68. The molecule has 4 nitrogen and oxygen atoms in total. The average Bonchev–Trinajstić information content (AvgIpc) is 2.41. The van der Waals surface area contributed by atoms with Gasteiger partial charge in [-0.1, -0.05) is 0 Å². The van der Waals surface area contributed by atoms with Crippen LogP contribution in [0.2, 0.25) is 0 Å². The molecule has 0 aromatic heterocycles. The van der Waals surface area contributed by atoms with Crippen LogP contribution < -0.4 is 15.4 Å². The van der Waals surface area contributed by atoms with E-state index in [-0.39, 0.29) is 6.10 Å². The molecule has 0 saturated carbocycles. The summed E-state index contributed by atoms with van der Waals surface area (Å²) in [7, 11) is 0. The first-order valence-electron chi connectivity index (χ1n) is 7.51. The number of piperidine rings is 1. The van der Waals surface area contributed by atoms with E-state index in [9.17, 15) is 5.11 Å². The van der Waals surface area contributed by atoms with E-state index in [0.29, 0.717) is 0 Å². The third kappa shape index (κ3) is 4.69. The van der Waals surface area contributed by atoms with Gasteiger partial charge in [-0.05, 0) is 70.5 Å². The molecule has 0 amide bonds. The lowest BCUT2D eigenvalue weighted by molar-refractivity contribution is 0.00573. The molecule has 1 aromatic carbocycles. The van der Waals surface area contributed by atoms with Gasteiger partial charge in [0, 0.05) is 12.2 Å². The molecule has 112 valence electrons. The van der Waals surface area contributed by atoms with Crippen molar-refractivity contribution in [2.75, 3.05) is 25.0 Å². The van der Waals surface area contributed by atoms with Crippen LogP contribution in [0.15, 0.2) is 24.3 Å². The smallest absolute Gasteiger partial charge is 0.119 e. The van der Waals surface area contributed by atoms with Crippen molar-refractivity contribution in [3.8, 4) is 5.75 Å². The van der Waals surface area contributed by atoms with E-state index in [1.165, 1.54) is 0 Å². The predicted octanol–water partition coefficient (Wildman–Crippen LogP) is 2.39. The van der Waals surface area contributed by atoms with E-state index < -0.39 is 5.60 Å². The minimum atomic E-state index is -0.501. The Morgan fingerprint density at radius 1 is 1.25 bits per heavy atom. The normalized spacial score (nSPS) is 18.0. The summed E-state index contributed by atoms with van der Waals surface area (Å²) in [5, 5.41) is 17.0. The van der Waals surface area contributed by atoms with E-state index in [1.807, 2.05) is 38.1 Å². The summed E-state index contributed by atoms with van der Waals surface area (Å²) in [5.74, 6) is 0.891. The second kappa shape index (κ2) is 6.95. The molecule has 1 aliphatic rings. The van der Waals surface area contributed by atoms with E-state index in [1.54, 1.807) is 0 Å². The lowest BCUT2D eigenvalue weighted by Crippen LogP contribution is -2.42. The van der Waals surface area contributed by atoms with Gasteiger partial charge in [-0.2, -0.15) is 0 Å². The van der Waals surface area contributed by atoms with Gasteiger partial charge in [-0.15, -0.1) is 0 Å². The zero-order valence-electron chi connectivity index (χ0n) is 12.5. The molecule has 0 unspecified atom stereocenters. The molecule has 0 spiro atoms. The topological polar surface area (TPSA) is 53.5 Å². The summed E-state index contributed by atoms with van der Waals surface area (Å²) in [6, 6.07) is 7.98. The number of ether oxygens (including phenoxy) is 1. The van der Waals surface area contributed by atoms with Crippen LogP contribution >= 0.6 is 0 Å². The zero-order valence-corrected chi connectivity index (χ0v) is 12.5. The van der Waals surface area contributed by atoms with Gasteiger partial charge in [0.05, 0.1) is 11.7 Å². The van der Waals surface area contributed by atoms with Crippen LogP contribution in [0.25, 0.3) is 0 Å². The summed E-state index contributed by atoms with van der Waals surface area (Å²) in [4.78, 5) is 0. The Hall–Kier alpha value is -1.26. The van der Waals surface area contributed by atoms with Gasteiger partial charge >= 0.3 is 0 Å². The first-order chi connectivity index (χ1) is 9.57. The van der Waals surface area contributed by atoms with Crippen LogP contribution in [-0.2, 0) is 0 Å². The first kappa shape index (κ1) is 15.1. The highest BCUT2D eigenvalue weighted by atomic mass is 16.5. The fourth-order valence-corrected chi connectivity index (χ4v) is 2.51. The maximum Gasteiger partial charge on any atom is 0.119 e. The highest BCUT2D eigenvalue weighted by Gasteiger charge is 2.28. The molecule has 3 N–H and O–H groups in total. The van der Waals surface area contributed by atoms with E-state index >= 15 is 0 Å². The highest BCUT2D eigenvalue weighted by molar-refractivity contribution is 5.46. The van der Waals surface area contributed by atoms with Crippen molar-refractivity contribution in [3.63, 3.8) is 0 Å². The zero-order chi connectivity index (χ0) is 14.4. The molecule has 1 fully saturated rings. The van der Waals surface area contributed by atoms with Crippen LogP contribution in [-0.4, -0.2) is 36.4 Å². The van der Waals surface area contributed by atoms with Crippen molar-refractivity contribution in [2.24, 2.45) is 0 Å². The van der Waals surface area contributed by atoms with E-state index in [0.717, 1.165) is 50.3 Å². The first-order valence-corrected chi connectivity index (χ1v) is 7.51. The molecule has 0 radical (unpaired) electrons. The molecule has 0 aliphatic carbocycles. The van der Waals surface area contributed by atoms with Gasteiger partial charge in [0.2, 0.25) is 0 Å². The molecule has 0 atom stereocenters. The maximum atomic E-state index is 10.4. The largest absolute Gasteiger partial charge is 0.491 e. The number of hydrogen-bond donors (Lipinski definition) is 3. The number of aliphatic hydroxyl groups is 1. The molecule has 1 heterocycles. The Balaban J connectivity index is 1.76. The average molecular weight is 278 g/mol. The maximum absolute atomic E-state index is 10.4. The molecule has 1 aromatic rings. The molecular weight excluding hydrogens is 252 g/mol.